The number of hydrogen-bond donors (Lipinski definition) is 0. The Labute approximate surface area is 179 Å². The van der Waals surface area contributed by atoms with Crippen molar-refractivity contribution in [2.75, 3.05) is 0 Å². The van der Waals surface area contributed by atoms with Crippen molar-refractivity contribution in [1.29, 1.82) is 0 Å². The summed E-state index contributed by atoms with van der Waals surface area (Å²) in [6, 6.07) is 9.46. The highest BCUT2D eigenvalue weighted by Gasteiger charge is 2.15. The Morgan fingerprint density at radius 3 is 2.81 bits per heavy atom. The lowest BCUT2D eigenvalue weighted by Gasteiger charge is -2.15. The fraction of sp³-hybridized carbons (Fsp3) is 0.261. The van der Waals surface area contributed by atoms with E-state index < -0.39 is 5.97 Å². The largest absolute Gasteiger partial charge is 0.461 e. The minimum absolute atomic E-state index is 0.0139. The third kappa shape index (κ3) is 4.23. The molecule has 0 aliphatic rings. The molecular weight excluding hydrogens is 396 g/mol. The topological polar surface area (TPSA) is 88.2 Å². The van der Waals surface area contributed by atoms with Crippen LogP contribution in [0.2, 0.25) is 0 Å². The van der Waals surface area contributed by atoms with Crippen LogP contribution >= 0.6 is 0 Å². The van der Waals surface area contributed by atoms with E-state index in [9.17, 15) is 4.79 Å². The van der Waals surface area contributed by atoms with Gasteiger partial charge in [-0.1, -0.05) is 5.16 Å². The van der Waals surface area contributed by atoms with Crippen molar-refractivity contribution in [2.24, 2.45) is 0 Å². The Kier molecular flexibility index (Phi) is 5.62. The second kappa shape index (κ2) is 8.51. The third-order valence-electron chi connectivity index (χ3n) is 4.92. The predicted octanol–water partition coefficient (Wildman–Crippen LogP) is 4.88. The summed E-state index contributed by atoms with van der Waals surface area (Å²) in [6.07, 6.45) is 6.52. The van der Waals surface area contributed by atoms with Crippen molar-refractivity contribution in [3.63, 3.8) is 0 Å². The van der Waals surface area contributed by atoms with Gasteiger partial charge in [0.05, 0.1) is 12.5 Å². The molecule has 0 aliphatic heterocycles. The molecule has 0 atom stereocenters. The van der Waals surface area contributed by atoms with Crippen LogP contribution in [-0.2, 0) is 16.1 Å². The molecule has 0 unspecified atom stereocenters. The van der Waals surface area contributed by atoms with Crippen LogP contribution in [0, 0.1) is 13.8 Å². The van der Waals surface area contributed by atoms with Gasteiger partial charge in [-0.2, -0.15) is 5.10 Å². The van der Waals surface area contributed by atoms with Gasteiger partial charge in [-0.25, -0.2) is 9.48 Å². The average molecular weight is 420 g/mol. The molecule has 0 aliphatic carbocycles. The molecule has 4 heterocycles. The zero-order valence-corrected chi connectivity index (χ0v) is 17.9. The molecule has 8 heteroatoms. The van der Waals surface area contributed by atoms with Gasteiger partial charge in [0.15, 0.2) is 5.76 Å². The van der Waals surface area contributed by atoms with Gasteiger partial charge in [-0.3, -0.25) is 0 Å². The molecule has 4 aromatic heterocycles. The highest BCUT2D eigenvalue weighted by atomic mass is 16.5. The molecule has 31 heavy (non-hydrogen) atoms. The number of nitrogens with zero attached hydrogens (tertiary/aromatic N) is 4. The maximum atomic E-state index is 12.2. The lowest BCUT2D eigenvalue weighted by atomic mass is 10.2. The van der Waals surface area contributed by atoms with E-state index in [-0.39, 0.29) is 12.6 Å². The summed E-state index contributed by atoms with van der Waals surface area (Å²) in [5, 5.41) is 8.31. The molecule has 0 bridgehead atoms. The second-order valence-corrected chi connectivity index (χ2v) is 7.49. The van der Waals surface area contributed by atoms with Crippen LogP contribution in [0.4, 0.5) is 0 Å². The Balaban J connectivity index is 1.43. The molecule has 8 nitrogen and oxygen atoms in total. The molecule has 4 aromatic rings. The maximum Gasteiger partial charge on any atom is 0.331 e. The van der Waals surface area contributed by atoms with E-state index in [1.165, 1.54) is 6.08 Å². The third-order valence-corrected chi connectivity index (χ3v) is 4.92. The van der Waals surface area contributed by atoms with Crippen LogP contribution in [0.25, 0.3) is 23.4 Å². The van der Waals surface area contributed by atoms with E-state index in [4.69, 9.17) is 13.7 Å². The van der Waals surface area contributed by atoms with E-state index in [1.54, 1.807) is 36.7 Å². The number of hydrogen-bond acceptors (Lipinski definition) is 6. The zero-order chi connectivity index (χ0) is 22.0. The molecule has 0 N–H and O–H groups in total. The highest BCUT2D eigenvalue weighted by molar-refractivity contribution is 5.87. The van der Waals surface area contributed by atoms with Crippen molar-refractivity contribution in [2.45, 2.75) is 40.3 Å². The van der Waals surface area contributed by atoms with Crippen molar-refractivity contribution >= 4 is 12.0 Å². The van der Waals surface area contributed by atoms with E-state index in [2.05, 4.69) is 28.7 Å². The van der Waals surface area contributed by atoms with Gasteiger partial charge in [0, 0.05) is 35.6 Å². The molecule has 0 spiro atoms. The molecule has 0 amide bonds. The van der Waals surface area contributed by atoms with Crippen LogP contribution in [0.3, 0.4) is 0 Å². The van der Waals surface area contributed by atoms with Crippen molar-refractivity contribution < 1.29 is 18.5 Å². The number of aryl methyl sites for hydroxylation is 1. The van der Waals surface area contributed by atoms with Gasteiger partial charge in [-0.05, 0) is 57.5 Å². The monoisotopic (exact) mass is 420 g/mol. The average Bonchev–Trinajstić information content (AvgIpc) is 3.51. The number of ether oxygens (including phenoxy) is 1. The first-order valence-electron chi connectivity index (χ1n) is 10.0. The minimum atomic E-state index is -0.459. The first kappa shape index (κ1) is 20.5. The summed E-state index contributed by atoms with van der Waals surface area (Å²) >= 11 is 0. The predicted molar refractivity (Wildman–Crippen MR) is 114 cm³/mol. The van der Waals surface area contributed by atoms with Crippen molar-refractivity contribution in [1.82, 2.24) is 19.5 Å². The molecule has 0 fully saturated rings. The summed E-state index contributed by atoms with van der Waals surface area (Å²) in [6.45, 7) is 8.24. The van der Waals surface area contributed by atoms with Gasteiger partial charge < -0.3 is 18.2 Å². The van der Waals surface area contributed by atoms with Crippen LogP contribution in [0.15, 0.2) is 57.8 Å². The smallest absolute Gasteiger partial charge is 0.331 e. The van der Waals surface area contributed by atoms with Crippen LogP contribution in [0.5, 0.6) is 0 Å². The van der Waals surface area contributed by atoms with Crippen molar-refractivity contribution in [3.8, 4) is 17.3 Å². The first-order valence-corrected chi connectivity index (χ1v) is 10.0. The summed E-state index contributed by atoms with van der Waals surface area (Å²) in [5.74, 6) is 1.59. The summed E-state index contributed by atoms with van der Waals surface area (Å²) in [7, 11) is 0. The highest BCUT2D eigenvalue weighted by Crippen LogP contribution is 2.24. The maximum absolute atomic E-state index is 12.2. The Hall–Kier alpha value is -3.81. The molecular formula is C23H24N4O4. The first-order chi connectivity index (χ1) is 14.9. The van der Waals surface area contributed by atoms with E-state index >= 15 is 0 Å². The Bertz CT molecular complexity index is 1210. The number of aromatic nitrogens is 4. The zero-order valence-electron chi connectivity index (χ0n) is 17.9. The molecule has 4 rings (SSSR count). The number of carbonyl (C=O) groups is 1. The quantitative estimate of drug-likeness (QED) is 0.313. The molecule has 0 aromatic carbocycles. The number of carbonyl (C=O) groups excluding carboxylic acids is 1. The lowest BCUT2D eigenvalue weighted by molar-refractivity contribution is -0.139. The minimum Gasteiger partial charge on any atom is -0.461 e. The molecule has 0 saturated heterocycles. The van der Waals surface area contributed by atoms with Crippen LogP contribution < -0.4 is 0 Å². The molecule has 160 valence electrons. The van der Waals surface area contributed by atoms with Gasteiger partial charge >= 0.3 is 5.97 Å². The Morgan fingerprint density at radius 2 is 2.06 bits per heavy atom. The van der Waals surface area contributed by atoms with E-state index in [0.29, 0.717) is 17.2 Å². The van der Waals surface area contributed by atoms with Crippen molar-refractivity contribution in [3.05, 3.63) is 71.5 Å². The van der Waals surface area contributed by atoms with Gasteiger partial charge in [-0.15, -0.1) is 0 Å². The summed E-state index contributed by atoms with van der Waals surface area (Å²) < 4.78 is 19.8. The number of rotatable bonds is 7. The fourth-order valence-electron chi connectivity index (χ4n) is 3.46. The SMILES string of the molecule is Cc1cc(/C=C/C(=O)OCc2cc(-c3ccco3)on2)c(C)n1-c1ccnn1C(C)C. The van der Waals surface area contributed by atoms with Crippen LogP contribution in [-0.4, -0.2) is 25.5 Å². The molecule has 0 saturated carbocycles. The van der Waals surface area contributed by atoms with Gasteiger partial charge in [0.2, 0.25) is 5.76 Å². The standard InChI is InChI=1S/C23H24N4O4/c1-15(2)27-22(9-10-24-27)26-16(3)12-18(17(26)4)7-8-23(28)30-14-19-13-21(31-25-19)20-6-5-11-29-20/h5-13,15H,14H2,1-4H3/b8-7+. The number of furan rings is 1. The lowest BCUT2D eigenvalue weighted by Crippen LogP contribution is -2.11. The number of esters is 1. The molecule has 0 radical (unpaired) electrons. The summed E-state index contributed by atoms with van der Waals surface area (Å²) in [4.78, 5) is 12.2. The van der Waals surface area contributed by atoms with Gasteiger partial charge in [0.1, 0.15) is 18.1 Å². The normalized spacial score (nSPS) is 11.6. The fourth-order valence-corrected chi connectivity index (χ4v) is 3.46. The van der Waals surface area contributed by atoms with E-state index in [0.717, 1.165) is 22.8 Å². The summed E-state index contributed by atoms with van der Waals surface area (Å²) in [5.41, 5.74) is 3.52. The second-order valence-electron chi connectivity index (χ2n) is 7.49. The van der Waals surface area contributed by atoms with E-state index in [1.807, 2.05) is 30.7 Å². The van der Waals surface area contributed by atoms with Crippen LogP contribution in [0.1, 0.15) is 42.5 Å². The Morgan fingerprint density at radius 1 is 1.23 bits per heavy atom. The van der Waals surface area contributed by atoms with Gasteiger partial charge in [0.25, 0.3) is 0 Å².